The fourth-order valence-electron chi connectivity index (χ4n) is 1.96. The third-order valence-corrected chi connectivity index (χ3v) is 3.20. The highest BCUT2D eigenvalue weighted by Gasteiger charge is 2.15. The van der Waals surface area contributed by atoms with Gasteiger partial charge in [0.05, 0.1) is 0 Å². The minimum absolute atomic E-state index is 0.181. The number of fused-ring (bicyclic) bond motifs is 1. The smallest absolute Gasteiger partial charge is 0.379 e. The van der Waals surface area contributed by atoms with Gasteiger partial charge in [-0.15, -0.1) is 0 Å². The highest BCUT2D eigenvalue weighted by atomic mass is 35.5. The molecule has 0 amide bonds. The van der Waals surface area contributed by atoms with Crippen molar-refractivity contribution in [3.8, 4) is 5.75 Å². The number of carbonyl (C=O) groups is 1. The van der Waals surface area contributed by atoms with Gasteiger partial charge in [-0.2, -0.15) is 0 Å². The SMILES string of the molecule is Cc1cc(Cl)ccc1OC(=O)c1cc2ccccc2o1. The number of rotatable bonds is 2. The Hall–Kier alpha value is -2.26. The molecule has 0 atom stereocenters. The number of hydrogen-bond donors (Lipinski definition) is 0. The molecule has 0 aliphatic carbocycles. The number of aryl methyl sites for hydroxylation is 1. The molecule has 0 unspecified atom stereocenters. The largest absolute Gasteiger partial charge is 0.449 e. The zero-order chi connectivity index (χ0) is 14.1. The van der Waals surface area contributed by atoms with Gasteiger partial charge in [-0.1, -0.05) is 29.8 Å². The van der Waals surface area contributed by atoms with Gasteiger partial charge < -0.3 is 9.15 Å². The van der Waals surface area contributed by atoms with Crippen molar-refractivity contribution in [3.63, 3.8) is 0 Å². The predicted molar refractivity (Wildman–Crippen MR) is 77.4 cm³/mol. The van der Waals surface area contributed by atoms with Crippen molar-refractivity contribution in [1.82, 2.24) is 0 Å². The van der Waals surface area contributed by atoms with Crippen LogP contribution >= 0.6 is 11.6 Å². The van der Waals surface area contributed by atoms with Gasteiger partial charge in [0.2, 0.25) is 5.76 Å². The third kappa shape index (κ3) is 2.40. The first-order valence-electron chi connectivity index (χ1n) is 6.10. The van der Waals surface area contributed by atoms with Crippen LogP contribution in [0.2, 0.25) is 5.02 Å². The van der Waals surface area contributed by atoms with E-state index in [9.17, 15) is 4.79 Å². The van der Waals surface area contributed by atoms with Crippen molar-refractivity contribution in [1.29, 1.82) is 0 Å². The lowest BCUT2D eigenvalue weighted by Crippen LogP contribution is -2.07. The number of ether oxygens (including phenoxy) is 1. The Morgan fingerprint density at radius 1 is 1.15 bits per heavy atom. The van der Waals surface area contributed by atoms with E-state index in [2.05, 4.69) is 0 Å². The van der Waals surface area contributed by atoms with Crippen molar-refractivity contribution in [3.05, 3.63) is 64.9 Å². The van der Waals surface area contributed by atoms with Gasteiger partial charge in [-0.25, -0.2) is 4.79 Å². The summed E-state index contributed by atoms with van der Waals surface area (Å²) in [5.41, 5.74) is 1.45. The summed E-state index contributed by atoms with van der Waals surface area (Å²) in [4.78, 5) is 12.1. The topological polar surface area (TPSA) is 39.4 Å². The van der Waals surface area contributed by atoms with Crippen LogP contribution < -0.4 is 4.74 Å². The minimum Gasteiger partial charge on any atom is -0.449 e. The monoisotopic (exact) mass is 286 g/mol. The van der Waals surface area contributed by atoms with Crippen molar-refractivity contribution in [2.24, 2.45) is 0 Å². The van der Waals surface area contributed by atoms with Gasteiger partial charge in [-0.05, 0) is 42.8 Å². The Morgan fingerprint density at radius 2 is 1.95 bits per heavy atom. The fourth-order valence-corrected chi connectivity index (χ4v) is 2.19. The van der Waals surface area contributed by atoms with Gasteiger partial charge in [0.1, 0.15) is 11.3 Å². The highest BCUT2D eigenvalue weighted by molar-refractivity contribution is 6.30. The summed E-state index contributed by atoms with van der Waals surface area (Å²) in [5.74, 6) is 0.132. The van der Waals surface area contributed by atoms with Crippen LogP contribution in [0.15, 0.2) is 52.9 Å². The van der Waals surface area contributed by atoms with Gasteiger partial charge in [0, 0.05) is 10.4 Å². The Balaban J connectivity index is 1.89. The minimum atomic E-state index is -0.522. The summed E-state index contributed by atoms with van der Waals surface area (Å²) < 4.78 is 10.8. The summed E-state index contributed by atoms with van der Waals surface area (Å²) in [6.07, 6.45) is 0. The van der Waals surface area contributed by atoms with Crippen LogP contribution in [0.5, 0.6) is 5.75 Å². The van der Waals surface area contributed by atoms with Crippen LogP contribution in [0, 0.1) is 6.92 Å². The molecule has 0 fully saturated rings. The molecule has 1 heterocycles. The first-order chi connectivity index (χ1) is 9.63. The van der Waals surface area contributed by atoms with Crippen LogP contribution in [-0.2, 0) is 0 Å². The molecule has 3 nitrogen and oxygen atoms in total. The molecule has 0 saturated heterocycles. The Kier molecular flexibility index (Phi) is 3.20. The fraction of sp³-hybridized carbons (Fsp3) is 0.0625. The van der Waals surface area contributed by atoms with Gasteiger partial charge in [0.25, 0.3) is 0 Å². The van der Waals surface area contributed by atoms with Crippen molar-refractivity contribution >= 4 is 28.5 Å². The molecule has 1 aromatic heterocycles. The predicted octanol–water partition coefficient (Wildman–Crippen LogP) is 4.61. The Labute approximate surface area is 120 Å². The number of esters is 1. The number of benzene rings is 2. The van der Waals surface area contributed by atoms with E-state index in [0.29, 0.717) is 16.4 Å². The molecule has 3 aromatic rings. The van der Waals surface area contributed by atoms with Crippen molar-refractivity contribution < 1.29 is 13.9 Å². The maximum Gasteiger partial charge on any atom is 0.379 e. The van der Waals surface area contributed by atoms with E-state index in [1.807, 2.05) is 25.1 Å². The molecule has 20 heavy (non-hydrogen) atoms. The maximum absolute atomic E-state index is 12.1. The van der Waals surface area contributed by atoms with E-state index < -0.39 is 5.97 Å². The van der Waals surface area contributed by atoms with Crippen LogP contribution in [0.4, 0.5) is 0 Å². The Bertz CT molecular complexity index is 756. The lowest BCUT2D eigenvalue weighted by atomic mass is 10.2. The van der Waals surface area contributed by atoms with Crippen molar-refractivity contribution in [2.45, 2.75) is 6.92 Å². The molecular weight excluding hydrogens is 276 g/mol. The molecule has 0 aliphatic heterocycles. The van der Waals surface area contributed by atoms with E-state index >= 15 is 0 Å². The normalized spacial score (nSPS) is 10.7. The molecule has 100 valence electrons. The van der Waals surface area contributed by atoms with Crippen LogP contribution in [0.3, 0.4) is 0 Å². The molecular formula is C16H11ClO3. The average Bonchev–Trinajstić information content (AvgIpc) is 2.86. The highest BCUT2D eigenvalue weighted by Crippen LogP contribution is 2.24. The lowest BCUT2D eigenvalue weighted by Gasteiger charge is -2.05. The van der Waals surface area contributed by atoms with E-state index in [4.69, 9.17) is 20.8 Å². The molecule has 2 aromatic carbocycles. The second kappa shape index (κ2) is 5.02. The molecule has 0 N–H and O–H groups in total. The maximum atomic E-state index is 12.1. The number of hydrogen-bond acceptors (Lipinski definition) is 3. The zero-order valence-corrected chi connectivity index (χ0v) is 11.5. The van der Waals surface area contributed by atoms with Crippen LogP contribution in [0.1, 0.15) is 16.1 Å². The molecule has 0 radical (unpaired) electrons. The number of furan rings is 1. The number of para-hydroxylation sites is 1. The zero-order valence-electron chi connectivity index (χ0n) is 10.7. The summed E-state index contributed by atoms with van der Waals surface area (Å²) in [5, 5.41) is 1.47. The first-order valence-corrected chi connectivity index (χ1v) is 6.48. The van der Waals surface area contributed by atoms with E-state index in [0.717, 1.165) is 10.9 Å². The summed E-state index contributed by atoms with van der Waals surface area (Å²) in [6.45, 7) is 1.83. The second-order valence-electron chi connectivity index (χ2n) is 4.45. The summed E-state index contributed by atoms with van der Waals surface area (Å²) >= 11 is 5.86. The van der Waals surface area contributed by atoms with E-state index in [-0.39, 0.29) is 5.76 Å². The number of carbonyl (C=O) groups excluding carboxylic acids is 1. The van der Waals surface area contributed by atoms with Gasteiger partial charge in [0.15, 0.2) is 0 Å². The van der Waals surface area contributed by atoms with Crippen LogP contribution in [-0.4, -0.2) is 5.97 Å². The molecule has 0 spiro atoms. The molecule has 0 bridgehead atoms. The molecule has 3 rings (SSSR count). The first kappa shape index (κ1) is 12.8. The molecule has 0 aliphatic rings. The molecule has 4 heteroatoms. The summed E-state index contributed by atoms with van der Waals surface area (Å²) in [7, 11) is 0. The lowest BCUT2D eigenvalue weighted by molar-refractivity contribution is 0.0702. The third-order valence-electron chi connectivity index (χ3n) is 2.97. The quantitative estimate of drug-likeness (QED) is 0.510. The standard InChI is InChI=1S/C16H11ClO3/c1-10-8-12(17)6-7-13(10)20-16(18)15-9-11-4-2-3-5-14(11)19-15/h2-9H,1H3. The summed E-state index contributed by atoms with van der Waals surface area (Å²) in [6, 6.07) is 14.2. The van der Waals surface area contributed by atoms with Gasteiger partial charge >= 0.3 is 5.97 Å². The van der Waals surface area contributed by atoms with Crippen molar-refractivity contribution in [2.75, 3.05) is 0 Å². The van der Waals surface area contributed by atoms with Crippen LogP contribution in [0.25, 0.3) is 11.0 Å². The Morgan fingerprint density at radius 3 is 2.70 bits per heavy atom. The average molecular weight is 287 g/mol. The molecule has 0 saturated carbocycles. The second-order valence-corrected chi connectivity index (χ2v) is 4.88. The number of halogens is 1. The van der Waals surface area contributed by atoms with Gasteiger partial charge in [-0.3, -0.25) is 0 Å². The van der Waals surface area contributed by atoms with E-state index in [1.54, 1.807) is 30.3 Å². The van der Waals surface area contributed by atoms with E-state index in [1.165, 1.54) is 0 Å².